The smallest absolute Gasteiger partial charge is 0.283 e. The van der Waals surface area contributed by atoms with Gasteiger partial charge in [0.1, 0.15) is 18.1 Å². The molecule has 1 aromatic heterocycles. The molecule has 1 spiro atoms. The molecular weight excluding hydrogens is 392 g/mol. The quantitative estimate of drug-likeness (QED) is 0.695. The molecule has 1 saturated heterocycles. The molecule has 4 heterocycles. The molecule has 6 rings (SSSR count). The second-order valence-corrected chi connectivity index (χ2v) is 7.98. The Morgan fingerprint density at radius 3 is 2.58 bits per heavy atom. The summed E-state index contributed by atoms with van der Waals surface area (Å²) in [5.74, 6) is 1.54. The summed E-state index contributed by atoms with van der Waals surface area (Å²) in [7, 11) is 0. The summed E-state index contributed by atoms with van der Waals surface area (Å²) in [5.41, 5.74) is 9.75. The summed E-state index contributed by atoms with van der Waals surface area (Å²) in [6.45, 7) is 0.991. The van der Waals surface area contributed by atoms with Crippen LogP contribution < -0.4 is 15.4 Å². The molecule has 7 nitrogen and oxygen atoms in total. The van der Waals surface area contributed by atoms with E-state index in [4.69, 9.17) is 20.2 Å². The van der Waals surface area contributed by atoms with Crippen LogP contribution in [0, 0.1) is 0 Å². The van der Waals surface area contributed by atoms with Crippen molar-refractivity contribution < 1.29 is 14.3 Å². The molecule has 0 aliphatic carbocycles. The van der Waals surface area contributed by atoms with Crippen LogP contribution in [-0.2, 0) is 15.1 Å². The van der Waals surface area contributed by atoms with E-state index in [1.165, 1.54) is 0 Å². The van der Waals surface area contributed by atoms with Crippen molar-refractivity contribution in [1.82, 2.24) is 4.98 Å². The molecule has 1 fully saturated rings. The number of aromatic nitrogens is 1. The number of nitrogens with two attached hydrogens (primary N) is 1. The molecular formula is C24H20N4O3. The van der Waals surface area contributed by atoms with Gasteiger partial charge in [-0.15, -0.1) is 0 Å². The van der Waals surface area contributed by atoms with E-state index in [2.05, 4.69) is 11.1 Å². The maximum atomic E-state index is 12.3. The van der Waals surface area contributed by atoms with Gasteiger partial charge in [0.05, 0.1) is 0 Å². The summed E-state index contributed by atoms with van der Waals surface area (Å²) in [4.78, 5) is 23.1. The zero-order chi connectivity index (χ0) is 21.0. The Kier molecular flexibility index (Phi) is 3.80. The van der Waals surface area contributed by atoms with Crippen molar-refractivity contribution in [3.05, 3.63) is 72.1 Å². The zero-order valence-electron chi connectivity index (χ0n) is 16.7. The van der Waals surface area contributed by atoms with E-state index < -0.39 is 5.54 Å². The van der Waals surface area contributed by atoms with Gasteiger partial charge in [-0.1, -0.05) is 12.1 Å². The molecule has 2 N–H and O–H groups in total. The fourth-order valence-electron chi connectivity index (χ4n) is 4.65. The van der Waals surface area contributed by atoms with Gasteiger partial charge in [0, 0.05) is 47.7 Å². The Hall–Kier alpha value is -3.87. The lowest BCUT2D eigenvalue weighted by molar-refractivity contribution is -0.117. The van der Waals surface area contributed by atoms with Crippen LogP contribution in [0.2, 0.25) is 0 Å². The van der Waals surface area contributed by atoms with Crippen LogP contribution in [0.15, 0.2) is 65.9 Å². The van der Waals surface area contributed by atoms with Gasteiger partial charge in [0.2, 0.25) is 5.91 Å². The number of hydrogen-bond donors (Lipinski definition) is 1. The van der Waals surface area contributed by atoms with Gasteiger partial charge in [0.25, 0.3) is 6.02 Å². The largest absolute Gasteiger partial charge is 0.462 e. The first kappa shape index (κ1) is 17.9. The van der Waals surface area contributed by atoms with E-state index in [0.717, 1.165) is 40.9 Å². The van der Waals surface area contributed by atoms with Gasteiger partial charge in [-0.3, -0.25) is 9.78 Å². The number of benzene rings is 2. The molecule has 31 heavy (non-hydrogen) atoms. The van der Waals surface area contributed by atoms with Crippen molar-refractivity contribution >= 4 is 17.6 Å². The first-order valence-corrected chi connectivity index (χ1v) is 10.3. The molecule has 0 saturated carbocycles. The molecule has 1 amide bonds. The monoisotopic (exact) mass is 412 g/mol. The van der Waals surface area contributed by atoms with Crippen molar-refractivity contribution in [2.75, 3.05) is 18.1 Å². The topological polar surface area (TPSA) is 90.0 Å². The average molecular weight is 412 g/mol. The maximum Gasteiger partial charge on any atom is 0.283 e. The van der Waals surface area contributed by atoms with Gasteiger partial charge < -0.3 is 20.1 Å². The molecule has 1 atom stereocenters. The Balaban J connectivity index is 1.53. The number of carbonyl (C=O) groups is 1. The highest BCUT2D eigenvalue weighted by Gasteiger charge is 2.47. The van der Waals surface area contributed by atoms with Gasteiger partial charge in [-0.2, -0.15) is 0 Å². The summed E-state index contributed by atoms with van der Waals surface area (Å²) in [5, 5.41) is 0. The third-order valence-corrected chi connectivity index (χ3v) is 6.16. The molecule has 154 valence electrons. The van der Waals surface area contributed by atoms with Gasteiger partial charge in [-0.05, 0) is 48.4 Å². The second-order valence-electron chi connectivity index (χ2n) is 7.98. The van der Waals surface area contributed by atoms with Crippen LogP contribution in [0.1, 0.15) is 24.0 Å². The highest BCUT2D eigenvalue weighted by atomic mass is 16.5. The van der Waals surface area contributed by atoms with Crippen LogP contribution in [0.5, 0.6) is 11.5 Å². The third kappa shape index (κ3) is 2.70. The number of aliphatic imine (C=N–C) groups is 1. The summed E-state index contributed by atoms with van der Waals surface area (Å²) in [6, 6.07) is 15.9. The summed E-state index contributed by atoms with van der Waals surface area (Å²) >= 11 is 0. The third-order valence-electron chi connectivity index (χ3n) is 6.16. The van der Waals surface area contributed by atoms with Gasteiger partial charge in [0.15, 0.2) is 5.54 Å². The Labute approximate surface area is 179 Å². The van der Waals surface area contributed by atoms with Crippen molar-refractivity contribution in [1.29, 1.82) is 0 Å². The predicted molar refractivity (Wildman–Crippen MR) is 116 cm³/mol. The van der Waals surface area contributed by atoms with Crippen molar-refractivity contribution in [2.45, 2.75) is 18.4 Å². The Morgan fingerprint density at radius 2 is 1.87 bits per heavy atom. The number of amides is 1. The number of nitrogens with zero attached hydrogens (tertiary/aromatic N) is 3. The lowest BCUT2D eigenvalue weighted by Crippen LogP contribution is -2.32. The minimum atomic E-state index is -0.829. The summed E-state index contributed by atoms with van der Waals surface area (Å²) in [6.07, 6.45) is 5.01. The fraction of sp³-hybridized carbons (Fsp3) is 0.208. The van der Waals surface area contributed by atoms with E-state index in [-0.39, 0.29) is 18.5 Å². The van der Waals surface area contributed by atoms with Gasteiger partial charge >= 0.3 is 0 Å². The minimum absolute atomic E-state index is 0.135. The van der Waals surface area contributed by atoms with Crippen molar-refractivity contribution in [3.63, 3.8) is 0 Å². The number of amidine groups is 1. The molecule has 0 bridgehead atoms. The maximum absolute atomic E-state index is 12.3. The highest BCUT2D eigenvalue weighted by molar-refractivity contribution is 5.95. The lowest BCUT2D eigenvalue weighted by atomic mass is 9.80. The van der Waals surface area contributed by atoms with E-state index >= 15 is 0 Å². The normalized spacial score (nSPS) is 21.4. The lowest BCUT2D eigenvalue weighted by Gasteiger charge is -2.34. The van der Waals surface area contributed by atoms with E-state index in [1.807, 2.05) is 53.6 Å². The van der Waals surface area contributed by atoms with Gasteiger partial charge in [-0.25, -0.2) is 4.99 Å². The number of hydrogen-bond acceptors (Lipinski definition) is 6. The Morgan fingerprint density at radius 1 is 1.03 bits per heavy atom. The highest BCUT2D eigenvalue weighted by Crippen LogP contribution is 2.52. The molecule has 1 unspecified atom stereocenters. The number of anilines is 1. The predicted octanol–water partition coefficient (Wildman–Crippen LogP) is 3.57. The number of carbonyl (C=O) groups excluding carboxylic acids is 1. The van der Waals surface area contributed by atoms with Crippen LogP contribution in [0.3, 0.4) is 0 Å². The van der Waals surface area contributed by atoms with E-state index in [9.17, 15) is 4.79 Å². The minimum Gasteiger partial charge on any atom is -0.462 e. The van der Waals surface area contributed by atoms with Crippen LogP contribution in [0.25, 0.3) is 11.1 Å². The Bertz CT molecular complexity index is 1240. The standard InChI is InChI=1S/C24H20N4O3/c25-23-27-24(14-30-23)18-11-15(16-3-1-9-26-13-16)5-7-20(18)31-21-8-6-17(12-19(21)24)28-10-2-4-22(28)29/h1,3,5-9,11-13H,2,4,10,14H2,(H2,25,27). The molecule has 2 aromatic carbocycles. The molecule has 0 radical (unpaired) electrons. The SMILES string of the molecule is NC1=NC2(CO1)c1cc(-c3cccnc3)ccc1Oc1ccc(N3CCCC3=O)cc12. The number of pyridine rings is 1. The van der Waals surface area contributed by atoms with Crippen LogP contribution in [0.4, 0.5) is 5.69 Å². The van der Waals surface area contributed by atoms with Crippen LogP contribution >= 0.6 is 0 Å². The molecule has 3 aromatic rings. The van der Waals surface area contributed by atoms with E-state index in [1.54, 1.807) is 6.20 Å². The molecule has 7 heteroatoms. The number of rotatable bonds is 2. The summed E-state index contributed by atoms with van der Waals surface area (Å²) < 4.78 is 11.9. The number of ether oxygens (including phenoxy) is 2. The van der Waals surface area contributed by atoms with Crippen LogP contribution in [-0.4, -0.2) is 30.1 Å². The molecule has 3 aliphatic heterocycles. The second kappa shape index (κ2) is 6.57. The van der Waals surface area contributed by atoms with Crippen molar-refractivity contribution in [3.8, 4) is 22.6 Å². The van der Waals surface area contributed by atoms with E-state index in [0.29, 0.717) is 17.9 Å². The fourth-order valence-corrected chi connectivity index (χ4v) is 4.65. The first-order valence-electron chi connectivity index (χ1n) is 10.3. The average Bonchev–Trinajstić information content (AvgIpc) is 3.41. The zero-order valence-corrected chi connectivity index (χ0v) is 16.7. The number of fused-ring (bicyclic) bond motifs is 4. The molecule has 3 aliphatic rings. The first-order chi connectivity index (χ1) is 15.1. The van der Waals surface area contributed by atoms with Crippen molar-refractivity contribution in [2.24, 2.45) is 10.7 Å².